The lowest BCUT2D eigenvalue weighted by Gasteiger charge is -2.20. The van der Waals surface area contributed by atoms with Gasteiger partial charge in [-0.15, -0.1) is 0 Å². The van der Waals surface area contributed by atoms with Gasteiger partial charge in [0.15, 0.2) is 11.5 Å². The molecule has 1 saturated heterocycles. The number of carbonyl (C=O) groups excluding carboxylic acids is 1. The zero-order valence-corrected chi connectivity index (χ0v) is 12.3. The second-order valence-corrected chi connectivity index (χ2v) is 5.86. The number of hydrazine groups is 1. The number of amides is 1. The summed E-state index contributed by atoms with van der Waals surface area (Å²) < 4.78 is 5.20. The number of rotatable bonds is 4. The van der Waals surface area contributed by atoms with E-state index < -0.39 is 5.91 Å². The number of nitrogens with one attached hydrogen (secondary N) is 1. The van der Waals surface area contributed by atoms with E-state index in [9.17, 15) is 4.79 Å². The van der Waals surface area contributed by atoms with Crippen LogP contribution < -0.4 is 11.3 Å². The Labute approximate surface area is 119 Å². The van der Waals surface area contributed by atoms with E-state index >= 15 is 0 Å². The van der Waals surface area contributed by atoms with Crippen LogP contribution in [0.15, 0.2) is 10.6 Å². The van der Waals surface area contributed by atoms with Crippen LogP contribution in [0, 0.1) is 11.8 Å². The predicted octanol–water partition coefficient (Wildman–Crippen LogP) is 1.54. The third-order valence-electron chi connectivity index (χ3n) is 4.11. The van der Waals surface area contributed by atoms with E-state index in [1.807, 2.05) is 0 Å². The van der Waals surface area contributed by atoms with Crippen molar-refractivity contribution in [3.63, 3.8) is 0 Å². The maximum atomic E-state index is 11.3. The molecule has 2 heterocycles. The van der Waals surface area contributed by atoms with Crippen LogP contribution >= 0.6 is 0 Å². The summed E-state index contributed by atoms with van der Waals surface area (Å²) in [7, 11) is 0. The van der Waals surface area contributed by atoms with Gasteiger partial charge in [0.1, 0.15) is 0 Å². The monoisotopic (exact) mass is 280 g/mol. The molecule has 3 N–H and O–H groups in total. The third-order valence-corrected chi connectivity index (χ3v) is 4.11. The molecule has 1 aromatic heterocycles. The van der Waals surface area contributed by atoms with E-state index in [1.54, 1.807) is 6.07 Å². The first kappa shape index (κ1) is 15.0. The van der Waals surface area contributed by atoms with Crippen LogP contribution in [0.4, 0.5) is 0 Å². The number of hydrogen-bond acceptors (Lipinski definition) is 5. The maximum Gasteiger partial charge on any atom is 0.287 e. The van der Waals surface area contributed by atoms with Gasteiger partial charge in [-0.05, 0) is 44.2 Å². The Balaban J connectivity index is 1.90. The molecule has 1 aliphatic rings. The third kappa shape index (κ3) is 3.80. The Morgan fingerprint density at radius 2 is 2.35 bits per heavy atom. The lowest BCUT2D eigenvalue weighted by molar-refractivity contribution is 0.0944. The SMILES string of the molecule is CC(C)C1CCCN(Cc2cc(C(=O)NN)no2)CC1. The highest BCUT2D eigenvalue weighted by Gasteiger charge is 2.21. The normalized spacial score (nSPS) is 20.9. The largest absolute Gasteiger partial charge is 0.359 e. The van der Waals surface area contributed by atoms with Gasteiger partial charge in [0.25, 0.3) is 5.91 Å². The summed E-state index contributed by atoms with van der Waals surface area (Å²) in [5.41, 5.74) is 2.29. The van der Waals surface area contributed by atoms with E-state index in [0.29, 0.717) is 12.3 Å². The number of nitrogens with zero attached hydrogens (tertiary/aromatic N) is 2. The Kier molecular flexibility index (Phi) is 5.14. The molecule has 20 heavy (non-hydrogen) atoms. The number of nitrogen functional groups attached to an aromatic ring is 1. The molecule has 2 rings (SSSR count). The van der Waals surface area contributed by atoms with Crippen molar-refractivity contribution in [2.24, 2.45) is 17.7 Å². The first-order valence-corrected chi connectivity index (χ1v) is 7.29. The Hall–Kier alpha value is -1.40. The summed E-state index contributed by atoms with van der Waals surface area (Å²) >= 11 is 0. The van der Waals surface area contributed by atoms with Gasteiger partial charge in [0.05, 0.1) is 6.54 Å². The summed E-state index contributed by atoms with van der Waals surface area (Å²) in [6.07, 6.45) is 3.74. The molecule has 0 saturated carbocycles. The number of hydrogen-bond donors (Lipinski definition) is 2. The van der Waals surface area contributed by atoms with Crippen LogP contribution in [0.25, 0.3) is 0 Å². The molecule has 0 radical (unpaired) electrons. The quantitative estimate of drug-likeness (QED) is 0.496. The smallest absolute Gasteiger partial charge is 0.287 e. The average molecular weight is 280 g/mol. The van der Waals surface area contributed by atoms with Gasteiger partial charge >= 0.3 is 0 Å². The zero-order valence-electron chi connectivity index (χ0n) is 12.3. The highest BCUT2D eigenvalue weighted by molar-refractivity contribution is 5.91. The fourth-order valence-corrected chi connectivity index (χ4v) is 2.80. The summed E-state index contributed by atoms with van der Waals surface area (Å²) in [6.45, 7) is 7.45. The summed E-state index contributed by atoms with van der Waals surface area (Å²) in [5, 5.41) is 3.73. The second-order valence-electron chi connectivity index (χ2n) is 5.86. The Bertz CT molecular complexity index is 444. The van der Waals surface area contributed by atoms with Gasteiger partial charge < -0.3 is 4.52 Å². The van der Waals surface area contributed by atoms with Crippen LogP contribution in [0.2, 0.25) is 0 Å². The lowest BCUT2D eigenvalue weighted by Crippen LogP contribution is -2.30. The van der Waals surface area contributed by atoms with Crippen molar-refractivity contribution in [1.82, 2.24) is 15.5 Å². The summed E-state index contributed by atoms with van der Waals surface area (Å²) in [5.74, 6) is 6.93. The van der Waals surface area contributed by atoms with Crippen LogP contribution in [0.5, 0.6) is 0 Å². The molecule has 1 amide bonds. The van der Waals surface area contributed by atoms with Gasteiger partial charge in [-0.2, -0.15) is 0 Å². The van der Waals surface area contributed by atoms with Crippen LogP contribution in [-0.4, -0.2) is 29.1 Å². The lowest BCUT2D eigenvalue weighted by atomic mass is 9.89. The molecular formula is C14H24N4O2. The summed E-state index contributed by atoms with van der Waals surface area (Å²) in [6, 6.07) is 1.66. The fraction of sp³-hybridized carbons (Fsp3) is 0.714. The van der Waals surface area contributed by atoms with Crippen LogP contribution in [0.3, 0.4) is 0 Å². The van der Waals surface area contributed by atoms with Crippen LogP contribution in [-0.2, 0) is 6.54 Å². The average Bonchev–Trinajstić information content (AvgIpc) is 2.76. The van der Waals surface area contributed by atoms with Crippen molar-refractivity contribution in [2.75, 3.05) is 13.1 Å². The van der Waals surface area contributed by atoms with Crippen molar-refractivity contribution in [1.29, 1.82) is 0 Å². The summed E-state index contributed by atoms with van der Waals surface area (Å²) in [4.78, 5) is 13.7. The molecule has 112 valence electrons. The van der Waals surface area contributed by atoms with Crippen molar-refractivity contribution in [3.05, 3.63) is 17.5 Å². The van der Waals surface area contributed by atoms with Gasteiger partial charge in [0, 0.05) is 6.07 Å². The molecule has 1 aliphatic heterocycles. The number of carbonyl (C=O) groups is 1. The fourth-order valence-electron chi connectivity index (χ4n) is 2.80. The molecule has 6 heteroatoms. The molecule has 1 unspecified atom stereocenters. The first-order valence-electron chi connectivity index (χ1n) is 7.29. The zero-order chi connectivity index (χ0) is 14.5. The van der Waals surface area contributed by atoms with E-state index in [4.69, 9.17) is 10.4 Å². The molecule has 0 aromatic carbocycles. The molecule has 0 spiro atoms. The number of nitrogens with two attached hydrogens (primary N) is 1. The highest BCUT2D eigenvalue weighted by atomic mass is 16.5. The van der Waals surface area contributed by atoms with E-state index in [0.717, 1.165) is 24.9 Å². The molecule has 1 aromatic rings. The standard InChI is InChI=1S/C14H24N4O2/c1-10(2)11-4-3-6-18(7-5-11)9-12-8-13(17-20-12)14(19)16-15/h8,10-11H,3-7,9,15H2,1-2H3,(H,16,19). The number of aromatic nitrogens is 1. The Morgan fingerprint density at radius 3 is 3.05 bits per heavy atom. The maximum absolute atomic E-state index is 11.3. The van der Waals surface area contributed by atoms with Crippen LogP contribution in [0.1, 0.15) is 49.4 Å². The minimum absolute atomic E-state index is 0.234. The molecular weight excluding hydrogens is 256 g/mol. The Morgan fingerprint density at radius 1 is 1.55 bits per heavy atom. The molecule has 1 fully saturated rings. The predicted molar refractivity (Wildman–Crippen MR) is 75.6 cm³/mol. The number of likely N-dealkylation sites (tertiary alicyclic amines) is 1. The minimum atomic E-state index is -0.421. The van der Waals surface area contributed by atoms with Gasteiger partial charge in [-0.25, -0.2) is 5.84 Å². The minimum Gasteiger partial charge on any atom is -0.359 e. The van der Waals surface area contributed by atoms with Gasteiger partial charge in [-0.3, -0.25) is 15.1 Å². The van der Waals surface area contributed by atoms with Crippen molar-refractivity contribution in [3.8, 4) is 0 Å². The topological polar surface area (TPSA) is 84.4 Å². The molecule has 6 nitrogen and oxygen atoms in total. The molecule has 0 bridgehead atoms. The van der Waals surface area contributed by atoms with E-state index in [1.165, 1.54) is 19.3 Å². The van der Waals surface area contributed by atoms with Crippen molar-refractivity contribution in [2.45, 2.75) is 39.7 Å². The van der Waals surface area contributed by atoms with Gasteiger partial charge in [0.2, 0.25) is 0 Å². The second kappa shape index (κ2) is 6.85. The molecule has 0 aliphatic carbocycles. The van der Waals surface area contributed by atoms with E-state index in [-0.39, 0.29) is 5.69 Å². The first-order chi connectivity index (χ1) is 9.60. The van der Waals surface area contributed by atoms with Gasteiger partial charge in [-0.1, -0.05) is 19.0 Å². The van der Waals surface area contributed by atoms with E-state index in [2.05, 4.69) is 29.3 Å². The molecule has 1 atom stereocenters. The van der Waals surface area contributed by atoms with Crippen molar-refractivity contribution >= 4 is 5.91 Å². The van der Waals surface area contributed by atoms with Crippen molar-refractivity contribution < 1.29 is 9.32 Å². The highest BCUT2D eigenvalue weighted by Crippen LogP contribution is 2.25.